The number of esters is 2. The predicted octanol–water partition coefficient (Wildman–Crippen LogP) is 7.74. The summed E-state index contributed by atoms with van der Waals surface area (Å²) in [7, 11) is 0. The van der Waals surface area contributed by atoms with Crippen LogP contribution in [0.5, 0.6) is 0 Å². The van der Waals surface area contributed by atoms with Gasteiger partial charge in [0.25, 0.3) is 0 Å². The van der Waals surface area contributed by atoms with Crippen LogP contribution in [0.15, 0.2) is 73.1 Å². The molecule has 7 nitrogen and oxygen atoms in total. The number of carbonyl (C=O) groups is 2. The van der Waals surface area contributed by atoms with E-state index >= 15 is 0 Å². The summed E-state index contributed by atoms with van der Waals surface area (Å²) in [6.45, 7) is 14.8. The zero-order chi connectivity index (χ0) is 32.2. The molecule has 0 unspecified atom stereocenters. The summed E-state index contributed by atoms with van der Waals surface area (Å²) in [5.41, 5.74) is 17.0. The van der Waals surface area contributed by atoms with Crippen LogP contribution in [0.3, 0.4) is 0 Å². The summed E-state index contributed by atoms with van der Waals surface area (Å²) in [6.07, 6.45) is 4.12. The van der Waals surface area contributed by atoms with E-state index in [2.05, 4.69) is 74.1 Å². The number of nitrogens with two attached hydrogens (primary N) is 1. The van der Waals surface area contributed by atoms with Crippen molar-refractivity contribution in [2.75, 3.05) is 13.2 Å². The van der Waals surface area contributed by atoms with Crippen LogP contribution in [-0.4, -0.2) is 35.1 Å². The van der Waals surface area contributed by atoms with Gasteiger partial charge in [-0.05, 0) is 105 Å². The van der Waals surface area contributed by atoms with Crippen molar-refractivity contribution in [3.8, 4) is 22.5 Å². The van der Waals surface area contributed by atoms with E-state index in [1.165, 1.54) is 27.8 Å². The van der Waals surface area contributed by atoms with Gasteiger partial charge in [-0.3, -0.25) is 19.6 Å². The highest BCUT2D eigenvalue weighted by molar-refractivity contribution is 5.72. The van der Waals surface area contributed by atoms with Crippen molar-refractivity contribution in [3.63, 3.8) is 0 Å². The number of rotatable bonds is 10. The Morgan fingerprint density at radius 1 is 0.682 bits per heavy atom. The first-order valence-corrected chi connectivity index (χ1v) is 15.2. The van der Waals surface area contributed by atoms with Crippen molar-refractivity contribution in [2.24, 2.45) is 5.73 Å². The van der Waals surface area contributed by atoms with Gasteiger partial charge in [0.2, 0.25) is 0 Å². The summed E-state index contributed by atoms with van der Waals surface area (Å²) >= 11 is 0. The minimum atomic E-state index is -0.384. The van der Waals surface area contributed by atoms with Crippen LogP contribution >= 0.6 is 0 Å². The molecule has 4 rings (SSSR count). The van der Waals surface area contributed by atoms with Crippen LogP contribution in [0, 0.1) is 27.7 Å². The second kappa shape index (κ2) is 16.5. The van der Waals surface area contributed by atoms with Crippen LogP contribution < -0.4 is 5.73 Å². The summed E-state index contributed by atoms with van der Waals surface area (Å²) in [5, 5.41) is 0. The average molecular weight is 596 g/mol. The van der Waals surface area contributed by atoms with E-state index in [1.54, 1.807) is 13.1 Å². The molecule has 2 aromatic heterocycles. The zero-order valence-corrected chi connectivity index (χ0v) is 27.0. The third-order valence-corrected chi connectivity index (χ3v) is 7.51. The maximum absolute atomic E-state index is 11.7. The predicted molar refractivity (Wildman–Crippen MR) is 176 cm³/mol. The molecule has 0 spiro atoms. The van der Waals surface area contributed by atoms with Gasteiger partial charge in [-0.1, -0.05) is 43.3 Å². The van der Waals surface area contributed by atoms with Gasteiger partial charge < -0.3 is 15.2 Å². The van der Waals surface area contributed by atoms with E-state index in [1.807, 2.05) is 44.3 Å². The molecule has 0 aliphatic carbocycles. The Balaban J connectivity index is 0.000000240. The average Bonchev–Trinajstić information content (AvgIpc) is 2.98. The molecule has 0 amide bonds. The highest BCUT2D eigenvalue weighted by atomic mass is 16.5. The molecule has 0 saturated heterocycles. The zero-order valence-electron chi connectivity index (χ0n) is 27.0. The number of aryl methyl sites for hydroxylation is 4. The van der Waals surface area contributed by atoms with Gasteiger partial charge in [0.15, 0.2) is 0 Å². The van der Waals surface area contributed by atoms with Crippen LogP contribution in [0.4, 0.5) is 0 Å². The van der Waals surface area contributed by atoms with Crippen LogP contribution in [0.1, 0.15) is 79.0 Å². The third kappa shape index (κ3) is 9.32. The highest BCUT2D eigenvalue weighted by Crippen LogP contribution is 2.29. The molecule has 7 heteroatoms. The van der Waals surface area contributed by atoms with E-state index in [4.69, 9.17) is 15.2 Å². The fourth-order valence-corrected chi connectivity index (χ4v) is 5.25. The third-order valence-electron chi connectivity index (χ3n) is 7.51. The van der Waals surface area contributed by atoms with E-state index < -0.39 is 0 Å². The highest BCUT2D eigenvalue weighted by Gasteiger charge is 2.16. The van der Waals surface area contributed by atoms with Gasteiger partial charge in [0, 0.05) is 29.6 Å². The minimum Gasteiger partial charge on any atom is -0.466 e. The number of hydrogen-bond donors (Lipinski definition) is 1. The van der Waals surface area contributed by atoms with Gasteiger partial charge in [-0.15, -0.1) is 0 Å². The molecule has 2 atom stereocenters. The first kappa shape index (κ1) is 34.1. The summed E-state index contributed by atoms with van der Waals surface area (Å²) in [6, 6.07) is 19.9. The Morgan fingerprint density at radius 2 is 1.09 bits per heavy atom. The first-order chi connectivity index (χ1) is 21.0. The first-order valence-electron chi connectivity index (χ1n) is 15.2. The summed E-state index contributed by atoms with van der Waals surface area (Å²) in [5.74, 6) is -0.314. The SMILES string of the molecule is CCOC(=O)C[C@H](C)c1ccnc(-c2c(C)cccc2C)c1.CCOC(=O)C[C@H](N)c1ccnc(-c2c(C)cccc2C)c1. The fraction of sp³-hybridized carbons (Fsp3) is 0.351. The van der Waals surface area contributed by atoms with Crippen LogP contribution in [0.25, 0.3) is 22.5 Å². The quantitative estimate of drug-likeness (QED) is 0.187. The maximum atomic E-state index is 11.7. The number of carbonyl (C=O) groups excluding carboxylic acids is 2. The Labute approximate surface area is 261 Å². The summed E-state index contributed by atoms with van der Waals surface area (Å²) < 4.78 is 9.99. The molecule has 4 aromatic rings. The Morgan fingerprint density at radius 3 is 1.55 bits per heavy atom. The second-order valence-corrected chi connectivity index (χ2v) is 11.0. The normalized spacial score (nSPS) is 12.0. The number of ether oxygens (including phenoxy) is 2. The lowest BCUT2D eigenvalue weighted by Gasteiger charge is -2.14. The Kier molecular flexibility index (Phi) is 12.8. The number of aromatic nitrogens is 2. The molecule has 0 saturated carbocycles. The molecule has 44 heavy (non-hydrogen) atoms. The molecule has 0 radical (unpaired) electrons. The number of pyridine rings is 2. The Hall–Kier alpha value is -4.36. The second-order valence-electron chi connectivity index (χ2n) is 11.0. The fourth-order valence-electron chi connectivity index (χ4n) is 5.25. The van der Waals surface area contributed by atoms with Crippen molar-refractivity contribution < 1.29 is 19.1 Å². The molecule has 2 heterocycles. The van der Waals surface area contributed by atoms with E-state index in [0.717, 1.165) is 28.1 Å². The topological polar surface area (TPSA) is 104 Å². The smallest absolute Gasteiger partial charge is 0.307 e. The number of hydrogen-bond acceptors (Lipinski definition) is 7. The molecule has 2 N–H and O–H groups in total. The van der Waals surface area contributed by atoms with Crippen molar-refractivity contribution in [1.82, 2.24) is 9.97 Å². The van der Waals surface area contributed by atoms with Gasteiger partial charge >= 0.3 is 11.9 Å². The molecular weight excluding hydrogens is 550 g/mol. The van der Waals surface area contributed by atoms with Crippen molar-refractivity contribution in [3.05, 3.63) is 106 Å². The largest absolute Gasteiger partial charge is 0.466 e. The van der Waals surface area contributed by atoms with Crippen molar-refractivity contribution in [1.29, 1.82) is 0 Å². The van der Waals surface area contributed by atoms with Gasteiger partial charge in [0.05, 0.1) is 37.4 Å². The molecule has 0 aliphatic heterocycles. The van der Waals surface area contributed by atoms with E-state index in [9.17, 15) is 9.59 Å². The Bertz CT molecular complexity index is 1410. The van der Waals surface area contributed by atoms with Gasteiger partial charge in [-0.25, -0.2) is 0 Å². The van der Waals surface area contributed by atoms with Crippen molar-refractivity contribution in [2.45, 2.75) is 73.3 Å². The van der Waals surface area contributed by atoms with Crippen LogP contribution in [-0.2, 0) is 19.1 Å². The summed E-state index contributed by atoms with van der Waals surface area (Å²) in [4.78, 5) is 32.2. The van der Waals surface area contributed by atoms with E-state index in [-0.39, 0.29) is 30.3 Å². The number of nitrogens with zero attached hydrogens (tertiary/aromatic N) is 2. The van der Waals surface area contributed by atoms with E-state index in [0.29, 0.717) is 19.6 Å². The van der Waals surface area contributed by atoms with Crippen molar-refractivity contribution >= 4 is 11.9 Å². The monoisotopic (exact) mass is 595 g/mol. The molecule has 2 aromatic carbocycles. The minimum absolute atomic E-state index is 0.116. The molecular formula is C37H45N3O4. The lowest BCUT2D eigenvalue weighted by Crippen LogP contribution is -2.17. The lowest BCUT2D eigenvalue weighted by atomic mass is 9.94. The lowest BCUT2D eigenvalue weighted by molar-refractivity contribution is -0.144. The van der Waals surface area contributed by atoms with Crippen LogP contribution in [0.2, 0.25) is 0 Å². The van der Waals surface area contributed by atoms with Gasteiger partial charge in [-0.2, -0.15) is 0 Å². The molecule has 0 aliphatic rings. The molecule has 0 fully saturated rings. The molecule has 232 valence electrons. The van der Waals surface area contributed by atoms with Gasteiger partial charge in [0.1, 0.15) is 0 Å². The number of benzene rings is 2. The maximum Gasteiger partial charge on any atom is 0.307 e. The standard InChI is InChI=1S/C19H23NO2.C18H22N2O2/c1-5-22-18(21)11-15(4)16-9-10-20-17(12-16)19-13(2)7-6-8-14(19)3;1-4-22-17(21)11-15(19)14-8-9-20-16(10-14)18-12(2)6-5-7-13(18)3/h6-10,12,15H,5,11H2,1-4H3;5-10,15H,4,11,19H2,1-3H3/t2*15-/m00/s1. The molecule has 0 bridgehead atoms.